The number of hydrogen-bond acceptors (Lipinski definition) is 4. The molecule has 2 fully saturated rings. The molecule has 2 saturated heterocycles. The van der Waals surface area contributed by atoms with Crippen molar-refractivity contribution in [3.63, 3.8) is 0 Å². The Labute approximate surface area is 190 Å². The van der Waals surface area contributed by atoms with Gasteiger partial charge in [0.15, 0.2) is 0 Å². The zero-order valence-electron chi connectivity index (χ0n) is 19.1. The standard InChI is InChI=1S/C25H35N5O2/c1-20(30-19-26-18-27-30)25(32)29-15-9-21(10-16-29)7-8-24(31)28-13-11-23(12-14-28)17-22-5-3-2-4-6-22/h2-6,18-21,23H,7-17H2,1H3/t20-/m1/s1. The van der Waals surface area contributed by atoms with E-state index >= 15 is 0 Å². The monoisotopic (exact) mass is 437 g/mol. The summed E-state index contributed by atoms with van der Waals surface area (Å²) in [7, 11) is 0. The molecule has 2 aliphatic rings. The van der Waals surface area contributed by atoms with Gasteiger partial charge in [0.05, 0.1) is 0 Å². The minimum atomic E-state index is -0.319. The number of aromatic nitrogens is 3. The zero-order chi connectivity index (χ0) is 22.3. The molecule has 0 unspecified atom stereocenters. The van der Waals surface area contributed by atoms with Crippen molar-refractivity contribution >= 4 is 11.8 Å². The first-order chi connectivity index (χ1) is 15.6. The van der Waals surface area contributed by atoms with Crippen LogP contribution < -0.4 is 0 Å². The molecule has 1 atom stereocenters. The molecule has 32 heavy (non-hydrogen) atoms. The lowest BCUT2D eigenvalue weighted by atomic mass is 9.89. The highest BCUT2D eigenvalue weighted by molar-refractivity contribution is 5.80. The summed E-state index contributed by atoms with van der Waals surface area (Å²) in [5.41, 5.74) is 1.40. The average Bonchev–Trinajstić information content (AvgIpc) is 3.38. The molecule has 172 valence electrons. The number of amides is 2. The molecule has 2 aromatic rings. The lowest BCUT2D eigenvalue weighted by Gasteiger charge is -2.35. The topological polar surface area (TPSA) is 71.3 Å². The van der Waals surface area contributed by atoms with Crippen molar-refractivity contribution in [3.05, 3.63) is 48.5 Å². The van der Waals surface area contributed by atoms with Gasteiger partial charge in [-0.25, -0.2) is 9.67 Å². The van der Waals surface area contributed by atoms with Crippen molar-refractivity contribution in [1.29, 1.82) is 0 Å². The molecule has 1 aromatic heterocycles. The van der Waals surface area contributed by atoms with E-state index in [2.05, 4.69) is 45.3 Å². The van der Waals surface area contributed by atoms with E-state index in [-0.39, 0.29) is 11.9 Å². The molecule has 3 heterocycles. The molecule has 0 bridgehead atoms. The second-order valence-electron chi connectivity index (χ2n) is 9.37. The third kappa shape index (κ3) is 5.75. The third-order valence-electron chi connectivity index (χ3n) is 7.22. The molecule has 7 heteroatoms. The van der Waals surface area contributed by atoms with Crippen LogP contribution in [0, 0.1) is 11.8 Å². The predicted octanol–water partition coefficient (Wildman–Crippen LogP) is 3.34. The summed E-state index contributed by atoms with van der Waals surface area (Å²) in [6, 6.07) is 10.3. The van der Waals surface area contributed by atoms with Crippen molar-refractivity contribution < 1.29 is 9.59 Å². The van der Waals surface area contributed by atoms with Crippen molar-refractivity contribution in [2.24, 2.45) is 11.8 Å². The molecule has 2 amide bonds. The Morgan fingerprint density at radius 2 is 1.62 bits per heavy atom. The van der Waals surface area contributed by atoms with Crippen LogP contribution in [0.15, 0.2) is 43.0 Å². The van der Waals surface area contributed by atoms with E-state index in [4.69, 9.17) is 0 Å². The van der Waals surface area contributed by atoms with Gasteiger partial charge in [-0.2, -0.15) is 5.10 Å². The van der Waals surface area contributed by atoms with Crippen LogP contribution in [0.1, 0.15) is 57.1 Å². The smallest absolute Gasteiger partial charge is 0.247 e. The fourth-order valence-electron chi connectivity index (χ4n) is 5.06. The van der Waals surface area contributed by atoms with Crippen LogP contribution in [-0.2, 0) is 16.0 Å². The number of rotatable bonds is 7. The Balaban J connectivity index is 1.14. The van der Waals surface area contributed by atoms with Gasteiger partial charge in [-0.05, 0) is 62.8 Å². The van der Waals surface area contributed by atoms with Crippen LogP contribution in [0.5, 0.6) is 0 Å². The summed E-state index contributed by atoms with van der Waals surface area (Å²) >= 11 is 0. The van der Waals surface area contributed by atoms with Crippen molar-refractivity contribution in [3.8, 4) is 0 Å². The third-order valence-corrected chi connectivity index (χ3v) is 7.22. The Morgan fingerprint density at radius 3 is 2.28 bits per heavy atom. The highest BCUT2D eigenvalue weighted by Gasteiger charge is 2.28. The molecule has 4 rings (SSSR count). The molecule has 0 aliphatic carbocycles. The maximum atomic E-state index is 12.7. The van der Waals surface area contributed by atoms with Gasteiger partial charge in [-0.15, -0.1) is 0 Å². The van der Waals surface area contributed by atoms with E-state index in [0.717, 1.165) is 64.7 Å². The number of carbonyl (C=O) groups excluding carboxylic acids is 2. The summed E-state index contributed by atoms with van der Waals surface area (Å²) < 4.78 is 1.61. The first-order valence-electron chi connectivity index (χ1n) is 12.0. The van der Waals surface area contributed by atoms with Crippen LogP contribution >= 0.6 is 0 Å². The molecular formula is C25H35N5O2. The lowest BCUT2D eigenvalue weighted by molar-refractivity contribution is -0.137. The summed E-state index contributed by atoms with van der Waals surface area (Å²) in [5, 5.41) is 4.08. The average molecular weight is 438 g/mol. The van der Waals surface area contributed by atoms with Gasteiger partial charge in [0.1, 0.15) is 18.7 Å². The quantitative estimate of drug-likeness (QED) is 0.666. The van der Waals surface area contributed by atoms with Crippen molar-refractivity contribution in [2.75, 3.05) is 26.2 Å². The van der Waals surface area contributed by atoms with E-state index in [0.29, 0.717) is 24.2 Å². The Bertz CT molecular complexity index is 854. The maximum Gasteiger partial charge on any atom is 0.247 e. The summed E-state index contributed by atoms with van der Waals surface area (Å²) in [4.78, 5) is 33.4. The number of carbonyl (C=O) groups is 2. The highest BCUT2D eigenvalue weighted by Crippen LogP contribution is 2.26. The second-order valence-corrected chi connectivity index (χ2v) is 9.37. The number of nitrogens with zero attached hydrogens (tertiary/aromatic N) is 5. The van der Waals surface area contributed by atoms with Gasteiger partial charge in [-0.3, -0.25) is 9.59 Å². The molecule has 0 spiro atoms. The fraction of sp³-hybridized carbons (Fsp3) is 0.600. The molecule has 2 aliphatic heterocycles. The van der Waals surface area contributed by atoms with E-state index < -0.39 is 0 Å². The van der Waals surface area contributed by atoms with Gasteiger partial charge in [0.25, 0.3) is 0 Å². The highest BCUT2D eigenvalue weighted by atomic mass is 16.2. The van der Waals surface area contributed by atoms with Crippen LogP contribution in [0.25, 0.3) is 0 Å². The van der Waals surface area contributed by atoms with Crippen LogP contribution in [0.2, 0.25) is 0 Å². The van der Waals surface area contributed by atoms with Crippen LogP contribution in [-0.4, -0.2) is 62.6 Å². The molecule has 7 nitrogen and oxygen atoms in total. The first kappa shape index (κ1) is 22.5. The van der Waals surface area contributed by atoms with Crippen LogP contribution in [0.3, 0.4) is 0 Å². The second kappa shape index (κ2) is 10.7. The van der Waals surface area contributed by atoms with Gasteiger partial charge in [0, 0.05) is 32.6 Å². The molecule has 1 aromatic carbocycles. The number of hydrogen-bond donors (Lipinski definition) is 0. The number of benzene rings is 1. The largest absolute Gasteiger partial charge is 0.343 e. The molecule has 0 saturated carbocycles. The SMILES string of the molecule is C[C@H](C(=O)N1CCC(CCC(=O)N2CCC(Cc3ccccc3)CC2)CC1)n1cncn1. The summed E-state index contributed by atoms with van der Waals surface area (Å²) in [6.45, 7) is 5.18. The zero-order valence-corrected chi connectivity index (χ0v) is 19.1. The molecule has 0 N–H and O–H groups in total. The van der Waals surface area contributed by atoms with Crippen molar-refractivity contribution in [2.45, 2.75) is 57.9 Å². The molecular weight excluding hydrogens is 402 g/mol. The summed E-state index contributed by atoms with van der Waals surface area (Å²) in [6.07, 6.45) is 9.89. The minimum absolute atomic E-state index is 0.100. The predicted molar refractivity (Wildman–Crippen MR) is 123 cm³/mol. The van der Waals surface area contributed by atoms with E-state index in [1.54, 1.807) is 11.0 Å². The first-order valence-corrected chi connectivity index (χ1v) is 12.0. The van der Waals surface area contributed by atoms with Gasteiger partial charge < -0.3 is 9.80 Å². The Morgan fingerprint density at radius 1 is 0.969 bits per heavy atom. The van der Waals surface area contributed by atoms with Crippen molar-refractivity contribution in [1.82, 2.24) is 24.6 Å². The van der Waals surface area contributed by atoms with Gasteiger partial charge in [-0.1, -0.05) is 30.3 Å². The van der Waals surface area contributed by atoms with Gasteiger partial charge >= 0.3 is 0 Å². The minimum Gasteiger partial charge on any atom is -0.343 e. The normalized spacial score (nSPS) is 19.2. The number of likely N-dealkylation sites (tertiary alicyclic amines) is 2. The Kier molecular flexibility index (Phi) is 7.55. The number of piperidine rings is 2. The van der Waals surface area contributed by atoms with E-state index in [9.17, 15) is 9.59 Å². The molecule has 0 radical (unpaired) electrons. The Hall–Kier alpha value is -2.70. The van der Waals surface area contributed by atoms with E-state index in [1.807, 2.05) is 11.8 Å². The lowest BCUT2D eigenvalue weighted by Crippen LogP contribution is -2.42. The maximum absolute atomic E-state index is 12.7. The fourth-order valence-corrected chi connectivity index (χ4v) is 5.06. The van der Waals surface area contributed by atoms with Gasteiger partial charge in [0.2, 0.25) is 11.8 Å². The summed E-state index contributed by atoms with van der Waals surface area (Å²) in [5.74, 6) is 1.62. The van der Waals surface area contributed by atoms with E-state index in [1.165, 1.54) is 11.9 Å². The van der Waals surface area contributed by atoms with Crippen LogP contribution in [0.4, 0.5) is 0 Å².